The zero-order valence-corrected chi connectivity index (χ0v) is 21.4. The van der Waals surface area contributed by atoms with Gasteiger partial charge >= 0.3 is 0 Å². The second-order valence-corrected chi connectivity index (χ2v) is 10.4. The number of aromatic nitrogens is 2. The van der Waals surface area contributed by atoms with E-state index < -0.39 is 5.41 Å². The number of hydrogen-bond acceptors (Lipinski definition) is 5. The van der Waals surface area contributed by atoms with Crippen molar-refractivity contribution in [1.82, 2.24) is 9.97 Å². The summed E-state index contributed by atoms with van der Waals surface area (Å²) in [6.07, 6.45) is 8.25. The third kappa shape index (κ3) is 5.46. The number of carbonyl (C=O) groups excluding carboxylic acids is 1. The van der Waals surface area contributed by atoms with E-state index >= 15 is 0 Å². The van der Waals surface area contributed by atoms with Crippen molar-refractivity contribution < 1.29 is 4.79 Å². The Morgan fingerprint density at radius 1 is 1.14 bits per heavy atom. The normalized spacial score (nSPS) is 17.3. The van der Waals surface area contributed by atoms with Crippen molar-refractivity contribution in [2.75, 3.05) is 5.32 Å². The van der Waals surface area contributed by atoms with Crippen molar-refractivity contribution in [3.05, 3.63) is 70.2 Å². The smallest absolute Gasteiger partial charge is 0.236 e. The van der Waals surface area contributed by atoms with Crippen molar-refractivity contribution in [3.63, 3.8) is 0 Å². The fraction of sp³-hybridized carbons (Fsp3) is 0.321. The van der Waals surface area contributed by atoms with Crippen molar-refractivity contribution in [2.24, 2.45) is 10.9 Å². The molecule has 4 rings (SSSR count). The van der Waals surface area contributed by atoms with Crippen molar-refractivity contribution in [1.29, 1.82) is 5.41 Å². The number of benzene rings is 1. The second kappa shape index (κ2) is 10.4. The lowest BCUT2D eigenvalue weighted by Crippen LogP contribution is -2.42. The van der Waals surface area contributed by atoms with Crippen LogP contribution in [0.25, 0.3) is 16.8 Å². The largest absolute Gasteiger partial charge is 0.310 e. The molecule has 6 nitrogen and oxygen atoms in total. The van der Waals surface area contributed by atoms with E-state index in [1.165, 1.54) is 0 Å². The van der Waals surface area contributed by atoms with E-state index in [0.717, 1.165) is 45.8 Å². The summed E-state index contributed by atoms with van der Waals surface area (Å²) >= 11 is 1.60. The van der Waals surface area contributed by atoms with Crippen LogP contribution in [0.15, 0.2) is 59.0 Å². The molecule has 0 saturated heterocycles. The van der Waals surface area contributed by atoms with E-state index in [0.29, 0.717) is 18.1 Å². The van der Waals surface area contributed by atoms with Gasteiger partial charge in [-0.25, -0.2) is 15.0 Å². The van der Waals surface area contributed by atoms with Crippen LogP contribution in [-0.2, 0) is 10.2 Å². The third-order valence-electron chi connectivity index (χ3n) is 6.71. The number of nitrogens with zero attached hydrogens (tertiary/aromatic N) is 3. The molecule has 0 spiro atoms. The molecule has 3 aromatic rings. The van der Waals surface area contributed by atoms with Crippen LogP contribution in [-0.4, -0.2) is 27.9 Å². The van der Waals surface area contributed by atoms with Crippen molar-refractivity contribution in [2.45, 2.75) is 52.4 Å². The van der Waals surface area contributed by atoms with Crippen LogP contribution in [0.1, 0.15) is 56.2 Å². The zero-order chi connectivity index (χ0) is 25.0. The van der Waals surface area contributed by atoms with Crippen LogP contribution in [0.3, 0.4) is 0 Å². The molecule has 1 aliphatic heterocycles. The average molecular weight is 486 g/mol. The first-order valence-corrected chi connectivity index (χ1v) is 12.8. The van der Waals surface area contributed by atoms with Gasteiger partial charge in [0.15, 0.2) is 0 Å². The highest BCUT2D eigenvalue weighted by molar-refractivity contribution is 7.09. The van der Waals surface area contributed by atoms with Crippen molar-refractivity contribution in [3.8, 4) is 11.3 Å². The van der Waals surface area contributed by atoms with Crippen LogP contribution in [0.2, 0.25) is 0 Å². The minimum Gasteiger partial charge on any atom is -0.310 e. The second-order valence-electron chi connectivity index (χ2n) is 9.33. The van der Waals surface area contributed by atoms with E-state index in [9.17, 15) is 4.79 Å². The van der Waals surface area contributed by atoms with E-state index in [1.54, 1.807) is 23.7 Å². The first-order chi connectivity index (χ1) is 16.8. The van der Waals surface area contributed by atoms with Crippen LogP contribution in [0.5, 0.6) is 0 Å². The van der Waals surface area contributed by atoms with Gasteiger partial charge in [0.05, 0.1) is 16.1 Å². The Bertz CT molecular complexity index is 1270. The third-order valence-corrected chi connectivity index (χ3v) is 7.48. The lowest BCUT2D eigenvalue weighted by Gasteiger charge is -2.33. The summed E-state index contributed by atoms with van der Waals surface area (Å²) in [5, 5.41) is 13.9. The Hall–Kier alpha value is -3.45. The molecule has 35 heavy (non-hydrogen) atoms. The Kier molecular flexibility index (Phi) is 7.36. The molecule has 3 heterocycles. The number of thiazole rings is 1. The van der Waals surface area contributed by atoms with Gasteiger partial charge in [0.25, 0.3) is 0 Å². The highest BCUT2D eigenvalue weighted by Crippen LogP contribution is 2.34. The summed E-state index contributed by atoms with van der Waals surface area (Å²) < 4.78 is 0. The van der Waals surface area contributed by atoms with Gasteiger partial charge in [-0.3, -0.25) is 10.2 Å². The average Bonchev–Trinajstić information content (AvgIpc) is 3.28. The Morgan fingerprint density at radius 3 is 2.51 bits per heavy atom. The predicted molar refractivity (Wildman–Crippen MR) is 145 cm³/mol. The fourth-order valence-corrected chi connectivity index (χ4v) is 4.70. The number of hydrogen-bond donors (Lipinski definition) is 2. The monoisotopic (exact) mass is 485 g/mol. The van der Waals surface area contributed by atoms with E-state index in [1.807, 2.05) is 55.6 Å². The molecular formula is C28H31N5OS. The van der Waals surface area contributed by atoms with Crippen LogP contribution < -0.4 is 5.32 Å². The molecule has 1 amide bonds. The lowest BCUT2D eigenvalue weighted by molar-refractivity contribution is -0.122. The molecule has 1 unspecified atom stereocenters. The zero-order valence-electron chi connectivity index (χ0n) is 20.6. The Labute approximate surface area is 210 Å². The number of carbonyl (C=O) groups is 1. The molecule has 0 aliphatic carbocycles. The first kappa shape index (κ1) is 24.7. The topological polar surface area (TPSA) is 91.1 Å². The molecule has 1 atom stereocenters. The summed E-state index contributed by atoms with van der Waals surface area (Å²) in [7, 11) is 0. The molecule has 2 N–H and O–H groups in total. The van der Waals surface area contributed by atoms with Gasteiger partial charge in [-0.05, 0) is 61.4 Å². The number of amides is 1. The molecule has 0 radical (unpaired) electrons. The molecule has 180 valence electrons. The standard InChI is InChI=1S/C28H31N5OS/c1-18(2)28(4,23-12-9-20(10-13-23)21-7-5-6-8-25(29)30-15-21)27(34)33-26-14-11-22(16-31-26)24-17-35-19(3)32-24/h7,9-18,29H,5-6,8H2,1-4H3,(H,31,33,34)/b21-7+,29-25?,30-15?. The summed E-state index contributed by atoms with van der Waals surface area (Å²) in [5.74, 6) is 0.908. The minimum absolute atomic E-state index is 0.0632. The molecule has 0 bridgehead atoms. The van der Waals surface area contributed by atoms with Gasteiger partial charge < -0.3 is 5.32 Å². The molecule has 1 aliphatic rings. The quantitative estimate of drug-likeness (QED) is 0.408. The lowest BCUT2D eigenvalue weighted by atomic mass is 9.72. The Morgan fingerprint density at radius 2 is 1.89 bits per heavy atom. The SMILES string of the molecule is Cc1nc(-c2ccc(NC(=O)C(C)(c3ccc(/C4=C/CCCC(=N)N=C4)cc3)C(C)C)nc2)cs1. The fourth-order valence-electron chi connectivity index (χ4n) is 4.08. The number of pyridine rings is 1. The van der Waals surface area contributed by atoms with Gasteiger partial charge in [-0.1, -0.05) is 44.2 Å². The number of aryl methyl sites for hydroxylation is 1. The number of amidine groups is 1. The molecule has 1 aromatic carbocycles. The summed E-state index contributed by atoms with van der Waals surface area (Å²) in [6.45, 7) is 8.07. The first-order valence-electron chi connectivity index (χ1n) is 11.9. The molecule has 7 heteroatoms. The number of rotatable bonds is 6. The van der Waals surface area contributed by atoms with E-state index in [-0.39, 0.29) is 11.8 Å². The molecule has 2 aromatic heterocycles. The Balaban J connectivity index is 1.54. The summed E-state index contributed by atoms with van der Waals surface area (Å²) in [5.41, 5.74) is 4.07. The summed E-state index contributed by atoms with van der Waals surface area (Å²) in [4.78, 5) is 26.7. The van der Waals surface area contributed by atoms with Gasteiger partial charge in [-0.15, -0.1) is 11.3 Å². The maximum absolute atomic E-state index is 13.5. The highest BCUT2D eigenvalue weighted by atomic mass is 32.1. The van der Waals surface area contributed by atoms with Gasteiger partial charge in [0, 0.05) is 29.8 Å². The van der Waals surface area contributed by atoms with Crippen LogP contribution in [0, 0.1) is 18.3 Å². The maximum atomic E-state index is 13.5. The van der Waals surface area contributed by atoms with Gasteiger partial charge in [-0.2, -0.15) is 0 Å². The maximum Gasteiger partial charge on any atom is 0.236 e. The van der Waals surface area contributed by atoms with Gasteiger partial charge in [0.1, 0.15) is 11.7 Å². The number of anilines is 1. The number of aliphatic imine (C=N–C) groups is 1. The van der Waals surface area contributed by atoms with E-state index in [2.05, 4.69) is 40.2 Å². The summed E-state index contributed by atoms with van der Waals surface area (Å²) in [6, 6.07) is 11.9. The highest BCUT2D eigenvalue weighted by Gasteiger charge is 2.38. The molecule has 0 fully saturated rings. The molecule has 0 saturated carbocycles. The van der Waals surface area contributed by atoms with Crippen LogP contribution >= 0.6 is 11.3 Å². The van der Waals surface area contributed by atoms with Gasteiger partial charge in [0.2, 0.25) is 5.91 Å². The minimum atomic E-state index is -0.740. The molecular weight excluding hydrogens is 454 g/mol. The number of allylic oxidation sites excluding steroid dienone is 2. The van der Waals surface area contributed by atoms with E-state index in [4.69, 9.17) is 5.41 Å². The van der Waals surface area contributed by atoms with Crippen molar-refractivity contribution >= 4 is 40.7 Å². The van der Waals surface area contributed by atoms with Crippen LogP contribution in [0.4, 0.5) is 5.82 Å². The predicted octanol–water partition coefficient (Wildman–Crippen LogP) is 6.68. The number of nitrogens with one attached hydrogen (secondary N) is 2.